The molecule has 0 saturated heterocycles. The number of rotatable bonds is 6. The second-order valence-corrected chi connectivity index (χ2v) is 7.32. The molecule has 0 aliphatic heterocycles. The molecule has 1 heterocycles. The highest BCUT2D eigenvalue weighted by Gasteiger charge is 2.17. The zero-order valence-corrected chi connectivity index (χ0v) is 16.0. The molecule has 4 nitrogen and oxygen atoms in total. The van der Waals surface area contributed by atoms with Gasteiger partial charge in [-0.2, -0.15) is 0 Å². The van der Waals surface area contributed by atoms with E-state index < -0.39 is 0 Å². The van der Waals surface area contributed by atoms with Crippen molar-refractivity contribution >= 4 is 23.4 Å². The van der Waals surface area contributed by atoms with E-state index in [1.54, 1.807) is 18.9 Å². The third kappa shape index (κ3) is 4.17. The molecule has 0 unspecified atom stereocenters. The first-order chi connectivity index (χ1) is 12.1. The van der Waals surface area contributed by atoms with Crippen LogP contribution in [0.5, 0.6) is 5.75 Å². The van der Waals surface area contributed by atoms with Crippen LogP contribution < -0.4 is 4.74 Å². The van der Waals surface area contributed by atoms with Crippen molar-refractivity contribution in [1.29, 1.82) is 0 Å². The summed E-state index contributed by atoms with van der Waals surface area (Å²) in [6.45, 7) is 4.25. The lowest BCUT2D eigenvalue weighted by Crippen LogP contribution is -2.04. The first kappa shape index (κ1) is 17.8. The summed E-state index contributed by atoms with van der Waals surface area (Å²) in [5, 5.41) is 10.4. The summed E-state index contributed by atoms with van der Waals surface area (Å²) in [4.78, 5) is 0. The summed E-state index contributed by atoms with van der Waals surface area (Å²) in [5.41, 5.74) is 2.23. The second kappa shape index (κ2) is 7.93. The lowest BCUT2D eigenvalue weighted by Gasteiger charge is -2.12. The zero-order chi connectivity index (χ0) is 17.8. The summed E-state index contributed by atoms with van der Waals surface area (Å²) in [5.74, 6) is 2.87. The Hall–Kier alpha value is -1.98. The van der Waals surface area contributed by atoms with Crippen LogP contribution in [0.15, 0.2) is 53.7 Å². The molecule has 3 aromatic rings. The summed E-state index contributed by atoms with van der Waals surface area (Å²) in [6.07, 6.45) is 0. The van der Waals surface area contributed by atoms with E-state index >= 15 is 0 Å². The number of ether oxygens (including phenoxy) is 1. The van der Waals surface area contributed by atoms with Crippen molar-refractivity contribution in [3.63, 3.8) is 0 Å². The van der Waals surface area contributed by atoms with Gasteiger partial charge >= 0.3 is 0 Å². The largest absolute Gasteiger partial charge is 0.497 e. The Labute approximate surface area is 157 Å². The van der Waals surface area contributed by atoms with Crippen LogP contribution >= 0.6 is 23.4 Å². The maximum absolute atomic E-state index is 5.95. The summed E-state index contributed by atoms with van der Waals surface area (Å²) >= 11 is 7.62. The number of thioether (sulfide) groups is 1. The Balaban J connectivity index is 1.89. The first-order valence-electron chi connectivity index (χ1n) is 8.05. The van der Waals surface area contributed by atoms with Gasteiger partial charge in [0.05, 0.1) is 7.11 Å². The fourth-order valence-corrected chi connectivity index (χ4v) is 3.49. The molecule has 0 bridgehead atoms. The normalized spacial score (nSPS) is 11.1. The van der Waals surface area contributed by atoms with Crippen molar-refractivity contribution in [2.24, 2.45) is 0 Å². The molecule has 0 saturated carbocycles. The number of aromatic nitrogens is 3. The van der Waals surface area contributed by atoms with E-state index in [9.17, 15) is 0 Å². The van der Waals surface area contributed by atoms with Gasteiger partial charge in [0.25, 0.3) is 0 Å². The zero-order valence-electron chi connectivity index (χ0n) is 14.4. The monoisotopic (exact) mass is 373 g/mol. The minimum atomic E-state index is 0.277. The van der Waals surface area contributed by atoms with Crippen molar-refractivity contribution in [1.82, 2.24) is 14.8 Å². The molecule has 0 spiro atoms. The number of methoxy groups -OCH3 is 1. The molecule has 0 aliphatic carbocycles. The number of hydrogen-bond donors (Lipinski definition) is 0. The van der Waals surface area contributed by atoms with Gasteiger partial charge in [-0.3, -0.25) is 4.57 Å². The third-order valence-electron chi connectivity index (χ3n) is 3.79. The van der Waals surface area contributed by atoms with Gasteiger partial charge in [0.15, 0.2) is 5.16 Å². The van der Waals surface area contributed by atoms with E-state index in [2.05, 4.69) is 28.6 Å². The Morgan fingerprint density at radius 3 is 2.32 bits per heavy atom. The van der Waals surface area contributed by atoms with Crippen LogP contribution in [0, 0.1) is 0 Å². The molecular weight excluding hydrogens is 354 g/mol. The van der Waals surface area contributed by atoms with Crippen LogP contribution in [0.1, 0.15) is 31.2 Å². The maximum Gasteiger partial charge on any atom is 0.196 e. The number of halogens is 1. The standard InChI is InChI=1S/C19H20ClN3OS/c1-13(2)18-21-22-19(25-12-14-4-6-15(20)7-5-14)23(18)16-8-10-17(24-3)11-9-16/h4-11,13H,12H2,1-3H3. The fraction of sp³-hybridized carbons (Fsp3) is 0.263. The number of nitrogens with zero attached hydrogens (tertiary/aromatic N) is 3. The summed E-state index contributed by atoms with van der Waals surface area (Å²) in [7, 11) is 1.67. The lowest BCUT2D eigenvalue weighted by molar-refractivity contribution is 0.414. The molecule has 1 aromatic heterocycles. The van der Waals surface area contributed by atoms with Crippen LogP contribution in [0.25, 0.3) is 5.69 Å². The van der Waals surface area contributed by atoms with Crippen LogP contribution in [-0.4, -0.2) is 21.9 Å². The predicted octanol–water partition coefficient (Wildman–Crippen LogP) is 5.35. The minimum Gasteiger partial charge on any atom is -0.497 e. The molecule has 0 aliphatic rings. The van der Waals surface area contributed by atoms with E-state index in [0.29, 0.717) is 0 Å². The quantitative estimate of drug-likeness (QED) is 0.546. The van der Waals surface area contributed by atoms with Gasteiger partial charge in [-0.15, -0.1) is 10.2 Å². The van der Waals surface area contributed by atoms with Gasteiger partial charge in [-0.25, -0.2) is 0 Å². The summed E-state index contributed by atoms with van der Waals surface area (Å²) in [6, 6.07) is 15.8. The Kier molecular flexibility index (Phi) is 5.66. The van der Waals surface area contributed by atoms with Crippen molar-refractivity contribution in [2.45, 2.75) is 30.7 Å². The summed E-state index contributed by atoms with van der Waals surface area (Å²) < 4.78 is 7.37. The van der Waals surface area contributed by atoms with E-state index in [0.717, 1.165) is 33.2 Å². The predicted molar refractivity (Wildman–Crippen MR) is 103 cm³/mol. The van der Waals surface area contributed by atoms with Gasteiger partial charge in [0.2, 0.25) is 0 Å². The lowest BCUT2D eigenvalue weighted by atomic mass is 10.2. The highest BCUT2D eigenvalue weighted by atomic mass is 35.5. The molecule has 6 heteroatoms. The topological polar surface area (TPSA) is 39.9 Å². The van der Waals surface area contributed by atoms with Crippen molar-refractivity contribution in [3.05, 3.63) is 64.9 Å². The second-order valence-electron chi connectivity index (χ2n) is 5.94. The first-order valence-corrected chi connectivity index (χ1v) is 9.42. The molecule has 2 aromatic carbocycles. The Morgan fingerprint density at radius 2 is 1.72 bits per heavy atom. The number of benzene rings is 2. The third-order valence-corrected chi connectivity index (χ3v) is 5.04. The Morgan fingerprint density at radius 1 is 1.04 bits per heavy atom. The van der Waals surface area contributed by atoms with Crippen LogP contribution in [0.2, 0.25) is 5.02 Å². The van der Waals surface area contributed by atoms with Gasteiger partial charge in [-0.05, 0) is 42.0 Å². The molecule has 130 valence electrons. The smallest absolute Gasteiger partial charge is 0.196 e. The van der Waals surface area contributed by atoms with Gasteiger partial charge in [0, 0.05) is 22.4 Å². The highest BCUT2D eigenvalue weighted by molar-refractivity contribution is 7.98. The fourth-order valence-electron chi connectivity index (χ4n) is 2.45. The van der Waals surface area contributed by atoms with E-state index in [1.165, 1.54) is 5.56 Å². The van der Waals surface area contributed by atoms with Crippen molar-refractivity contribution in [2.75, 3.05) is 7.11 Å². The van der Waals surface area contributed by atoms with Gasteiger partial charge in [0.1, 0.15) is 11.6 Å². The molecule has 0 radical (unpaired) electrons. The van der Waals surface area contributed by atoms with Crippen LogP contribution in [0.3, 0.4) is 0 Å². The van der Waals surface area contributed by atoms with E-state index in [-0.39, 0.29) is 5.92 Å². The minimum absolute atomic E-state index is 0.277. The van der Waals surface area contributed by atoms with Crippen molar-refractivity contribution in [3.8, 4) is 11.4 Å². The van der Waals surface area contributed by atoms with E-state index in [1.807, 2.05) is 48.5 Å². The van der Waals surface area contributed by atoms with Crippen LogP contribution in [0.4, 0.5) is 0 Å². The molecular formula is C19H20ClN3OS. The number of hydrogen-bond acceptors (Lipinski definition) is 4. The molecule has 3 rings (SSSR count). The molecule has 0 N–H and O–H groups in total. The average Bonchev–Trinajstić information content (AvgIpc) is 3.05. The maximum atomic E-state index is 5.95. The average molecular weight is 374 g/mol. The molecule has 0 amide bonds. The van der Waals surface area contributed by atoms with Gasteiger partial charge < -0.3 is 4.74 Å². The van der Waals surface area contributed by atoms with Crippen molar-refractivity contribution < 1.29 is 4.74 Å². The van der Waals surface area contributed by atoms with Crippen LogP contribution in [-0.2, 0) is 5.75 Å². The van der Waals surface area contributed by atoms with Gasteiger partial charge in [-0.1, -0.05) is 49.3 Å². The Bertz CT molecular complexity index is 829. The molecule has 0 atom stereocenters. The SMILES string of the molecule is COc1ccc(-n2c(SCc3ccc(Cl)cc3)nnc2C(C)C)cc1. The molecule has 0 fully saturated rings. The highest BCUT2D eigenvalue weighted by Crippen LogP contribution is 2.29. The molecule has 25 heavy (non-hydrogen) atoms. The van der Waals surface area contributed by atoms with E-state index in [4.69, 9.17) is 16.3 Å².